The number of nitrogens with zero attached hydrogens (tertiary/aromatic N) is 7. The summed E-state index contributed by atoms with van der Waals surface area (Å²) in [5.41, 5.74) is -0.121. The molecule has 2 saturated heterocycles. The molecule has 11 heteroatoms. The fourth-order valence-electron chi connectivity index (χ4n) is 4.72. The van der Waals surface area contributed by atoms with Crippen LogP contribution in [0, 0.1) is 5.92 Å². The van der Waals surface area contributed by atoms with Crippen LogP contribution in [0.4, 0.5) is 24.7 Å². The number of anilines is 2. The number of hydrogen-bond acceptors (Lipinski definition) is 6. The summed E-state index contributed by atoms with van der Waals surface area (Å²) in [6.45, 7) is 3.37. The van der Waals surface area contributed by atoms with Gasteiger partial charge in [0, 0.05) is 57.3 Å². The molecule has 0 unspecified atom stereocenters. The van der Waals surface area contributed by atoms with Gasteiger partial charge in [0.15, 0.2) is 11.6 Å². The Kier molecular flexibility index (Phi) is 6.31. The SMILES string of the molecule is O=C([C@H]1CCCN(c2ccc(-n3cccn3)nn2)C1)N1CCN(c2cccc(C(F)(F)F)c2)CC1. The van der Waals surface area contributed by atoms with Crippen molar-refractivity contribution in [1.82, 2.24) is 24.9 Å². The number of carbonyl (C=O) groups is 1. The fraction of sp³-hybridized carbons (Fsp3) is 0.417. The van der Waals surface area contributed by atoms with E-state index in [1.54, 1.807) is 23.1 Å². The van der Waals surface area contributed by atoms with E-state index in [2.05, 4.69) is 20.2 Å². The first-order valence-corrected chi connectivity index (χ1v) is 11.7. The van der Waals surface area contributed by atoms with Crippen LogP contribution >= 0.6 is 0 Å². The Bertz CT molecular complexity index is 1140. The predicted molar refractivity (Wildman–Crippen MR) is 124 cm³/mol. The molecule has 3 aromatic rings. The van der Waals surface area contributed by atoms with Crippen LogP contribution in [0.2, 0.25) is 0 Å². The first-order valence-electron chi connectivity index (χ1n) is 11.7. The van der Waals surface area contributed by atoms with Crippen LogP contribution in [-0.4, -0.2) is 70.1 Å². The lowest BCUT2D eigenvalue weighted by Gasteiger charge is -2.40. The van der Waals surface area contributed by atoms with E-state index in [-0.39, 0.29) is 11.8 Å². The second-order valence-corrected chi connectivity index (χ2v) is 8.85. The Balaban J connectivity index is 1.18. The standard InChI is InChI=1S/C24H26F3N7O/c25-24(26,27)19-5-1-6-20(16-19)31-12-14-32(15-13-31)23(35)18-4-2-10-33(17-18)21-7-8-22(30-29-21)34-11-3-9-28-34/h1,3,5-9,11,16,18H,2,4,10,12-15,17H2/t18-/m0/s1. The summed E-state index contributed by atoms with van der Waals surface area (Å²) < 4.78 is 40.8. The molecule has 2 aliphatic heterocycles. The van der Waals surface area contributed by atoms with Crippen molar-refractivity contribution in [2.75, 3.05) is 49.1 Å². The maximum absolute atomic E-state index is 13.3. The van der Waals surface area contributed by atoms with Crippen LogP contribution in [0.15, 0.2) is 54.9 Å². The van der Waals surface area contributed by atoms with Crippen molar-refractivity contribution in [3.05, 3.63) is 60.4 Å². The number of piperazine rings is 1. The molecule has 0 spiro atoms. The second kappa shape index (κ2) is 9.55. The normalized spacial score (nSPS) is 19.2. The number of benzene rings is 1. The van der Waals surface area contributed by atoms with E-state index in [0.29, 0.717) is 44.2 Å². The maximum atomic E-state index is 13.3. The van der Waals surface area contributed by atoms with Gasteiger partial charge in [-0.2, -0.15) is 18.3 Å². The molecule has 2 aliphatic rings. The van der Waals surface area contributed by atoms with Gasteiger partial charge < -0.3 is 14.7 Å². The molecule has 2 aromatic heterocycles. The molecular weight excluding hydrogens is 459 g/mol. The van der Waals surface area contributed by atoms with Crippen LogP contribution < -0.4 is 9.80 Å². The van der Waals surface area contributed by atoms with Crippen LogP contribution in [0.3, 0.4) is 0 Å². The van der Waals surface area contributed by atoms with Crippen molar-refractivity contribution in [2.24, 2.45) is 5.92 Å². The van der Waals surface area contributed by atoms with Crippen LogP contribution in [0.1, 0.15) is 18.4 Å². The summed E-state index contributed by atoms with van der Waals surface area (Å²) in [6.07, 6.45) is 0.789. The van der Waals surface area contributed by atoms with Gasteiger partial charge in [-0.05, 0) is 49.2 Å². The van der Waals surface area contributed by atoms with Crippen LogP contribution in [-0.2, 0) is 11.0 Å². The molecule has 1 atom stereocenters. The Hall–Kier alpha value is -3.63. The van der Waals surface area contributed by atoms with Crippen molar-refractivity contribution >= 4 is 17.4 Å². The predicted octanol–water partition coefficient (Wildman–Crippen LogP) is 3.25. The van der Waals surface area contributed by atoms with Crippen LogP contribution in [0.5, 0.6) is 0 Å². The number of halogens is 3. The molecule has 35 heavy (non-hydrogen) atoms. The summed E-state index contributed by atoms with van der Waals surface area (Å²) in [4.78, 5) is 19.1. The molecule has 0 aliphatic carbocycles. The minimum Gasteiger partial charge on any atom is -0.368 e. The number of alkyl halides is 3. The van der Waals surface area contributed by atoms with Gasteiger partial charge in [-0.25, -0.2) is 4.68 Å². The highest BCUT2D eigenvalue weighted by molar-refractivity contribution is 5.80. The van der Waals surface area contributed by atoms with E-state index < -0.39 is 11.7 Å². The monoisotopic (exact) mass is 485 g/mol. The Morgan fingerprint density at radius 3 is 2.37 bits per heavy atom. The fourth-order valence-corrected chi connectivity index (χ4v) is 4.72. The molecule has 1 amide bonds. The van der Waals surface area contributed by atoms with E-state index >= 15 is 0 Å². The largest absolute Gasteiger partial charge is 0.416 e. The van der Waals surface area contributed by atoms with Gasteiger partial charge in [-0.1, -0.05) is 6.07 Å². The van der Waals surface area contributed by atoms with Gasteiger partial charge in [-0.15, -0.1) is 10.2 Å². The zero-order valence-electron chi connectivity index (χ0n) is 19.1. The van der Waals surface area contributed by atoms with E-state index in [9.17, 15) is 18.0 Å². The summed E-state index contributed by atoms with van der Waals surface area (Å²) >= 11 is 0. The average molecular weight is 486 g/mol. The van der Waals surface area contributed by atoms with Gasteiger partial charge in [0.05, 0.1) is 11.5 Å². The Morgan fingerprint density at radius 2 is 1.69 bits per heavy atom. The van der Waals surface area contributed by atoms with E-state index in [1.165, 1.54) is 12.1 Å². The molecule has 5 rings (SSSR count). The van der Waals surface area contributed by atoms with Crippen molar-refractivity contribution in [1.29, 1.82) is 0 Å². The molecule has 4 heterocycles. The van der Waals surface area contributed by atoms with Crippen molar-refractivity contribution in [2.45, 2.75) is 19.0 Å². The zero-order valence-corrected chi connectivity index (χ0v) is 19.1. The second-order valence-electron chi connectivity index (χ2n) is 8.85. The Labute approximate surface area is 201 Å². The van der Waals surface area contributed by atoms with Crippen LogP contribution in [0.25, 0.3) is 5.82 Å². The molecule has 0 N–H and O–H groups in total. The smallest absolute Gasteiger partial charge is 0.368 e. The minimum atomic E-state index is -4.37. The van der Waals surface area contributed by atoms with Gasteiger partial charge in [-0.3, -0.25) is 4.79 Å². The van der Waals surface area contributed by atoms with Gasteiger partial charge >= 0.3 is 6.18 Å². The molecule has 1 aromatic carbocycles. The number of carbonyl (C=O) groups excluding carboxylic acids is 1. The number of aromatic nitrogens is 4. The molecule has 0 bridgehead atoms. The molecule has 184 valence electrons. The lowest BCUT2D eigenvalue weighted by Crippen LogP contribution is -2.52. The summed E-state index contributed by atoms with van der Waals surface area (Å²) in [5.74, 6) is 1.31. The first-order chi connectivity index (χ1) is 16.9. The third kappa shape index (κ3) is 5.08. The molecule has 8 nitrogen and oxygen atoms in total. The highest BCUT2D eigenvalue weighted by atomic mass is 19.4. The van der Waals surface area contributed by atoms with Crippen molar-refractivity contribution < 1.29 is 18.0 Å². The van der Waals surface area contributed by atoms with E-state index in [1.807, 2.05) is 28.0 Å². The molecule has 2 fully saturated rings. The Morgan fingerprint density at radius 1 is 0.914 bits per heavy atom. The lowest BCUT2D eigenvalue weighted by molar-refractivity contribution is -0.137. The molecular formula is C24H26F3N7O. The highest BCUT2D eigenvalue weighted by Gasteiger charge is 2.33. The summed E-state index contributed by atoms with van der Waals surface area (Å²) in [5, 5.41) is 12.7. The average Bonchev–Trinajstić information content (AvgIpc) is 3.43. The number of amides is 1. The van der Waals surface area contributed by atoms with Crippen molar-refractivity contribution in [3.63, 3.8) is 0 Å². The summed E-state index contributed by atoms with van der Waals surface area (Å²) in [6, 6.07) is 10.9. The minimum absolute atomic E-state index is 0.0968. The molecule has 0 radical (unpaired) electrons. The maximum Gasteiger partial charge on any atom is 0.416 e. The molecule has 0 saturated carbocycles. The van der Waals surface area contributed by atoms with Gasteiger partial charge in [0.2, 0.25) is 5.91 Å². The number of rotatable bonds is 4. The quantitative estimate of drug-likeness (QED) is 0.565. The zero-order chi connectivity index (χ0) is 24.4. The highest BCUT2D eigenvalue weighted by Crippen LogP contribution is 2.32. The van der Waals surface area contributed by atoms with Crippen molar-refractivity contribution in [3.8, 4) is 5.82 Å². The topological polar surface area (TPSA) is 70.4 Å². The number of hydrogen-bond donors (Lipinski definition) is 0. The lowest BCUT2D eigenvalue weighted by atomic mass is 9.96. The van der Waals surface area contributed by atoms with E-state index in [4.69, 9.17) is 0 Å². The van der Waals surface area contributed by atoms with E-state index in [0.717, 1.165) is 31.3 Å². The van der Waals surface area contributed by atoms with Gasteiger partial charge in [0.1, 0.15) is 0 Å². The number of piperidine rings is 1. The third-order valence-electron chi connectivity index (χ3n) is 6.60. The third-order valence-corrected chi connectivity index (χ3v) is 6.60. The first kappa shape index (κ1) is 23.1. The summed E-state index contributed by atoms with van der Waals surface area (Å²) in [7, 11) is 0. The van der Waals surface area contributed by atoms with Gasteiger partial charge in [0.25, 0.3) is 0 Å².